The maximum Gasteiger partial charge on any atom is 0.338 e. The Labute approximate surface area is 179 Å². The van der Waals surface area contributed by atoms with Gasteiger partial charge in [0, 0.05) is 25.2 Å². The predicted octanol–water partition coefficient (Wildman–Crippen LogP) is 3.12. The first-order valence-corrected chi connectivity index (χ1v) is 12.2. The molecule has 2 fully saturated rings. The van der Waals surface area contributed by atoms with E-state index >= 15 is 0 Å². The molecule has 1 amide bonds. The molecule has 2 atom stereocenters. The molecule has 2 heterocycles. The Balaban J connectivity index is 1.71. The average molecular weight is 437 g/mol. The van der Waals surface area contributed by atoms with Crippen molar-refractivity contribution in [2.75, 3.05) is 19.7 Å². The first-order valence-electron chi connectivity index (χ1n) is 10.8. The zero-order valence-corrected chi connectivity index (χ0v) is 18.9. The molecule has 0 aromatic heterocycles. The van der Waals surface area contributed by atoms with Gasteiger partial charge in [-0.05, 0) is 70.6 Å². The number of likely N-dealkylation sites (tertiary alicyclic amines) is 1. The lowest BCUT2D eigenvalue weighted by Crippen LogP contribution is -2.49. The molecular formula is C22H32N2O5S. The Morgan fingerprint density at radius 2 is 1.67 bits per heavy atom. The highest BCUT2D eigenvalue weighted by atomic mass is 32.2. The van der Waals surface area contributed by atoms with Crippen molar-refractivity contribution in [1.82, 2.24) is 9.21 Å². The monoisotopic (exact) mass is 436 g/mol. The molecule has 166 valence electrons. The number of carbonyl (C=O) groups excluding carboxylic acids is 2. The van der Waals surface area contributed by atoms with Gasteiger partial charge in [-0.1, -0.05) is 12.5 Å². The standard InChI is InChI=1S/C22H32N2O5S/c1-16-10-11-19(30(27,28)23-12-5-4-6-13-23)14-20(16)22(26)29-15-21(25)24-17(2)8-7-9-18(24)3/h10-11,14,17-18H,4-9,12-13,15H2,1-3H3/t17-,18-/m1/s1. The van der Waals surface area contributed by atoms with E-state index in [1.807, 2.05) is 13.8 Å². The third-order valence-electron chi connectivity index (χ3n) is 6.19. The van der Waals surface area contributed by atoms with Crippen molar-refractivity contribution in [3.8, 4) is 0 Å². The summed E-state index contributed by atoms with van der Waals surface area (Å²) in [6, 6.07) is 4.76. The summed E-state index contributed by atoms with van der Waals surface area (Å²) in [6.07, 6.45) is 5.69. The van der Waals surface area contributed by atoms with Gasteiger partial charge in [0.2, 0.25) is 10.0 Å². The summed E-state index contributed by atoms with van der Waals surface area (Å²) in [5, 5.41) is 0. The average Bonchev–Trinajstić information content (AvgIpc) is 2.72. The van der Waals surface area contributed by atoms with Crippen molar-refractivity contribution in [3.63, 3.8) is 0 Å². The fourth-order valence-corrected chi connectivity index (χ4v) is 5.97. The molecule has 7 nitrogen and oxygen atoms in total. The van der Waals surface area contributed by atoms with E-state index in [1.54, 1.807) is 17.9 Å². The number of aryl methyl sites for hydroxylation is 1. The van der Waals surface area contributed by atoms with Crippen molar-refractivity contribution < 1.29 is 22.7 Å². The highest BCUT2D eigenvalue weighted by Crippen LogP contribution is 2.24. The highest BCUT2D eigenvalue weighted by Gasteiger charge is 2.30. The molecule has 8 heteroatoms. The Bertz CT molecular complexity index is 883. The number of sulfonamides is 1. The van der Waals surface area contributed by atoms with Crippen LogP contribution >= 0.6 is 0 Å². The summed E-state index contributed by atoms with van der Waals surface area (Å²) >= 11 is 0. The smallest absolute Gasteiger partial charge is 0.338 e. The van der Waals surface area contributed by atoms with Gasteiger partial charge in [0.25, 0.3) is 5.91 Å². The maximum absolute atomic E-state index is 12.9. The van der Waals surface area contributed by atoms with Gasteiger partial charge in [-0.15, -0.1) is 0 Å². The van der Waals surface area contributed by atoms with Crippen molar-refractivity contribution in [3.05, 3.63) is 29.3 Å². The summed E-state index contributed by atoms with van der Waals surface area (Å²) in [4.78, 5) is 27.2. The van der Waals surface area contributed by atoms with Crippen LogP contribution < -0.4 is 0 Å². The predicted molar refractivity (Wildman–Crippen MR) is 114 cm³/mol. The van der Waals surface area contributed by atoms with Gasteiger partial charge in [0.15, 0.2) is 6.61 Å². The lowest BCUT2D eigenvalue weighted by Gasteiger charge is -2.38. The second kappa shape index (κ2) is 9.47. The Hall–Kier alpha value is -1.93. The van der Waals surface area contributed by atoms with Crippen LogP contribution in [0.15, 0.2) is 23.1 Å². The molecule has 1 aromatic rings. The molecule has 0 aliphatic carbocycles. The van der Waals surface area contributed by atoms with E-state index in [2.05, 4.69) is 0 Å². The molecule has 1 aromatic carbocycles. The summed E-state index contributed by atoms with van der Waals surface area (Å²) < 4.78 is 32.6. The van der Waals surface area contributed by atoms with Crippen LogP contribution in [-0.2, 0) is 19.6 Å². The third-order valence-corrected chi connectivity index (χ3v) is 8.08. The van der Waals surface area contributed by atoms with Gasteiger partial charge in [-0.2, -0.15) is 4.31 Å². The second-order valence-electron chi connectivity index (χ2n) is 8.45. The Morgan fingerprint density at radius 1 is 1.03 bits per heavy atom. The van der Waals surface area contributed by atoms with Crippen LogP contribution in [-0.4, -0.2) is 61.3 Å². The van der Waals surface area contributed by atoms with E-state index in [0.717, 1.165) is 38.5 Å². The molecule has 0 spiro atoms. The van der Waals surface area contributed by atoms with Gasteiger partial charge in [-0.3, -0.25) is 4.79 Å². The zero-order chi connectivity index (χ0) is 21.9. The van der Waals surface area contributed by atoms with Crippen LogP contribution in [0.5, 0.6) is 0 Å². The lowest BCUT2D eigenvalue weighted by atomic mass is 9.97. The quantitative estimate of drug-likeness (QED) is 0.662. The third kappa shape index (κ3) is 4.86. The Kier molecular flexibility index (Phi) is 7.18. The molecule has 3 rings (SSSR count). The number of amides is 1. The fourth-order valence-electron chi connectivity index (χ4n) is 4.43. The van der Waals surface area contributed by atoms with Gasteiger partial charge in [0.1, 0.15) is 0 Å². The first-order chi connectivity index (χ1) is 14.2. The zero-order valence-electron chi connectivity index (χ0n) is 18.1. The van der Waals surface area contributed by atoms with E-state index in [1.165, 1.54) is 16.4 Å². The number of hydrogen-bond acceptors (Lipinski definition) is 5. The number of piperidine rings is 2. The number of benzene rings is 1. The Morgan fingerprint density at radius 3 is 2.30 bits per heavy atom. The van der Waals surface area contributed by atoms with Crippen molar-refractivity contribution >= 4 is 21.9 Å². The van der Waals surface area contributed by atoms with Crippen LogP contribution in [0.1, 0.15) is 68.3 Å². The number of esters is 1. The molecule has 0 unspecified atom stereocenters. The molecule has 2 aliphatic heterocycles. The van der Waals surface area contributed by atoms with Gasteiger partial charge < -0.3 is 9.64 Å². The van der Waals surface area contributed by atoms with Crippen molar-refractivity contribution in [1.29, 1.82) is 0 Å². The minimum absolute atomic E-state index is 0.0894. The van der Waals surface area contributed by atoms with E-state index in [-0.39, 0.29) is 35.1 Å². The molecule has 0 radical (unpaired) electrons. The fraction of sp³-hybridized carbons (Fsp3) is 0.636. The van der Waals surface area contributed by atoms with Crippen LogP contribution in [0.2, 0.25) is 0 Å². The number of rotatable bonds is 5. The largest absolute Gasteiger partial charge is 0.452 e. The normalized spacial score (nSPS) is 23.2. The van der Waals surface area contributed by atoms with Crippen LogP contribution in [0, 0.1) is 6.92 Å². The van der Waals surface area contributed by atoms with Crippen molar-refractivity contribution in [2.24, 2.45) is 0 Å². The van der Waals surface area contributed by atoms with Crippen molar-refractivity contribution in [2.45, 2.75) is 76.3 Å². The van der Waals surface area contributed by atoms with Gasteiger partial charge >= 0.3 is 5.97 Å². The summed E-state index contributed by atoms with van der Waals surface area (Å²) in [5.74, 6) is -0.883. The highest BCUT2D eigenvalue weighted by molar-refractivity contribution is 7.89. The van der Waals surface area contributed by atoms with E-state index in [4.69, 9.17) is 4.74 Å². The topological polar surface area (TPSA) is 84.0 Å². The molecule has 0 N–H and O–H groups in total. The van der Waals surface area contributed by atoms with Gasteiger partial charge in [0.05, 0.1) is 10.5 Å². The molecule has 0 saturated carbocycles. The first kappa shape index (κ1) is 22.7. The van der Waals surface area contributed by atoms with E-state index in [0.29, 0.717) is 18.7 Å². The van der Waals surface area contributed by atoms with Crippen LogP contribution in [0.25, 0.3) is 0 Å². The minimum atomic E-state index is -3.65. The summed E-state index contributed by atoms with van der Waals surface area (Å²) in [7, 11) is -3.65. The molecule has 30 heavy (non-hydrogen) atoms. The van der Waals surface area contributed by atoms with Crippen LogP contribution in [0.4, 0.5) is 0 Å². The van der Waals surface area contributed by atoms with Crippen LogP contribution in [0.3, 0.4) is 0 Å². The number of ether oxygens (including phenoxy) is 1. The number of nitrogens with zero attached hydrogens (tertiary/aromatic N) is 2. The summed E-state index contributed by atoms with van der Waals surface area (Å²) in [6.45, 7) is 6.40. The summed E-state index contributed by atoms with van der Waals surface area (Å²) in [5.41, 5.74) is 0.797. The maximum atomic E-state index is 12.9. The second-order valence-corrected chi connectivity index (χ2v) is 10.4. The van der Waals surface area contributed by atoms with Gasteiger partial charge in [-0.25, -0.2) is 13.2 Å². The molecule has 2 aliphatic rings. The SMILES string of the molecule is Cc1ccc(S(=O)(=O)N2CCCCC2)cc1C(=O)OCC(=O)N1[C@H](C)CCC[C@H]1C. The lowest BCUT2D eigenvalue weighted by molar-refractivity contribution is -0.140. The van der Waals surface area contributed by atoms with E-state index < -0.39 is 16.0 Å². The minimum Gasteiger partial charge on any atom is -0.452 e. The van der Waals surface area contributed by atoms with E-state index in [9.17, 15) is 18.0 Å². The molecule has 2 saturated heterocycles. The number of hydrogen-bond donors (Lipinski definition) is 0. The molecule has 0 bridgehead atoms. The molecular weight excluding hydrogens is 404 g/mol. The number of carbonyl (C=O) groups is 2.